The van der Waals surface area contributed by atoms with Crippen molar-refractivity contribution in [3.63, 3.8) is 0 Å². The van der Waals surface area contributed by atoms with Crippen LogP contribution in [0, 0.1) is 6.92 Å². The Morgan fingerprint density at radius 2 is 2.31 bits per heavy atom. The molecule has 0 aromatic carbocycles. The van der Waals surface area contributed by atoms with Crippen molar-refractivity contribution in [2.24, 2.45) is 5.73 Å². The van der Waals surface area contributed by atoms with Crippen molar-refractivity contribution in [2.75, 3.05) is 6.54 Å². The molecule has 4 nitrogen and oxygen atoms in total. The predicted molar refractivity (Wildman–Crippen MR) is 64.2 cm³/mol. The molecule has 3 N–H and O–H groups in total. The first-order valence-corrected chi connectivity index (χ1v) is 5.55. The molecular weight excluding hydrogens is 202 g/mol. The van der Waals surface area contributed by atoms with Gasteiger partial charge in [0.25, 0.3) is 5.91 Å². The fraction of sp³-hybridized carbons (Fsp3) is 0.500. The summed E-state index contributed by atoms with van der Waals surface area (Å²) in [5.41, 5.74) is 7.22. The van der Waals surface area contributed by atoms with E-state index >= 15 is 0 Å². The third-order valence-corrected chi connectivity index (χ3v) is 2.26. The normalized spacial score (nSPS) is 12.2. The second-order valence-electron chi connectivity index (χ2n) is 4.13. The van der Waals surface area contributed by atoms with Crippen molar-refractivity contribution >= 4 is 5.91 Å². The van der Waals surface area contributed by atoms with Crippen LogP contribution >= 0.6 is 0 Å². The van der Waals surface area contributed by atoms with Crippen LogP contribution in [0.2, 0.25) is 0 Å². The lowest BCUT2D eigenvalue weighted by atomic mass is 10.2. The molecule has 16 heavy (non-hydrogen) atoms. The maximum atomic E-state index is 11.7. The Hall–Kier alpha value is -1.42. The van der Waals surface area contributed by atoms with Crippen molar-refractivity contribution in [1.82, 2.24) is 10.3 Å². The number of carbonyl (C=O) groups is 1. The Morgan fingerprint density at radius 3 is 2.94 bits per heavy atom. The summed E-state index contributed by atoms with van der Waals surface area (Å²) in [7, 11) is 0. The smallest absolute Gasteiger partial charge is 0.252 e. The Labute approximate surface area is 96.3 Å². The predicted octanol–water partition coefficient (Wildman–Crippen LogP) is 1.25. The summed E-state index contributed by atoms with van der Waals surface area (Å²) in [6.45, 7) is 4.54. The molecular formula is C12H19N3O. The van der Waals surface area contributed by atoms with Gasteiger partial charge in [-0.25, -0.2) is 0 Å². The fourth-order valence-electron chi connectivity index (χ4n) is 1.41. The van der Waals surface area contributed by atoms with Gasteiger partial charge in [-0.1, -0.05) is 0 Å². The average Bonchev–Trinajstić information content (AvgIpc) is 2.24. The van der Waals surface area contributed by atoms with Gasteiger partial charge in [0.05, 0.1) is 5.56 Å². The highest BCUT2D eigenvalue weighted by molar-refractivity contribution is 5.93. The van der Waals surface area contributed by atoms with Crippen LogP contribution in [0.5, 0.6) is 0 Å². The Morgan fingerprint density at radius 1 is 1.56 bits per heavy atom. The van der Waals surface area contributed by atoms with Crippen molar-refractivity contribution in [3.8, 4) is 0 Å². The minimum atomic E-state index is -0.0686. The van der Waals surface area contributed by atoms with Gasteiger partial charge in [-0.15, -0.1) is 0 Å². The van der Waals surface area contributed by atoms with E-state index < -0.39 is 0 Å². The van der Waals surface area contributed by atoms with Crippen LogP contribution in [-0.2, 0) is 0 Å². The van der Waals surface area contributed by atoms with Gasteiger partial charge in [0, 0.05) is 25.0 Å². The molecule has 1 aromatic heterocycles. The average molecular weight is 221 g/mol. The van der Waals surface area contributed by atoms with Crippen LogP contribution in [0.15, 0.2) is 18.5 Å². The summed E-state index contributed by atoms with van der Waals surface area (Å²) < 4.78 is 0. The number of pyridine rings is 1. The maximum absolute atomic E-state index is 11.7. The first-order valence-electron chi connectivity index (χ1n) is 5.55. The second kappa shape index (κ2) is 6.23. The highest BCUT2D eigenvalue weighted by Gasteiger charge is 2.05. The van der Waals surface area contributed by atoms with E-state index in [0.717, 1.165) is 18.4 Å². The first kappa shape index (κ1) is 12.6. The van der Waals surface area contributed by atoms with Gasteiger partial charge in [-0.2, -0.15) is 0 Å². The van der Waals surface area contributed by atoms with Gasteiger partial charge in [0.2, 0.25) is 0 Å². The van der Waals surface area contributed by atoms with Crippen LogP contribution in [0.3, 0.4) is 0 Å². The zero-order valence-electron chi connectivity index (χ0n) is 9.86. The highest BCUT2D eigenvalue weighted by atomic mass is 16.1. The zero-order chi connectivity index (χ0) is 12.0. The molecule has 1 rings (SSSR count). The van der Waals surface area contributed by atoms with Crippen molar-refractivity contribution in [2.45, 2.75) is 32.7 Å². The van der Waals surface area contributed by atoms with Crippen LogP contribution in [-0.4, -0.2) is 23.5 Å². The van der Waals surface area contributed by atoms with Crippen LogP contribution in [0.25, 0.3) is 0 Å². The van der Waals surface area contributed by atoms with Gasteiger partial charge < -0.3 is 11.1 Å². The number of rotatable bonds is 5. The lowest BCUT2D eigenvalue weighted by molar-refractivity contribution is 0.0952. The minimum Gasteiger partial charge on any atom is -0.352 e. The SMILES string of the molecule is Cc1cncc(C(=O)NCCCC(C)N)c1. The summed E-state index contributed by atoms with van der Waals surface area (Å²) in [6.07, 6.45) is 5.13. The molecule has 1 amide bonds. The first-order chi connectivity index (χ1) is 7.59. The largest absolute Gasteiger partial charge is 0.352 e. The molecule has 0 saturated carbocycles. The molecule has 88 valence electrons. The van der Waals surface area contributed by atoms with Crippen molar-refractivity contribution in [1.29, 1.82) is 0 Å². The van der Waals surface area contributed by atoms with Crippen LogP contribution in [0.1, 0.15) is 35.7 Å². The van der Waals surface area contributed by atoms with E-state index in [2.05, 4.69) is 10.3 Å². The molecule has 1 aromatic rings. The Balaban J connectivity index is 2.35. The van der Waals surface area contributed by atoms with Gasteiger partial charge in [-0.05, 0) is 38.3 Å². The fourth-order valence-corrected chi connectivity index (χ4v) is 1.41. The third-order valence-electron chi connectivity index (χ3n) is 2.26. The number of aromatic nitrogens is 1. The monoisotopic (exact) mass is 221 g/mol. The zero-order valence-corrected chi connectivity index (χ0v) is 9.86. The molecule has 0 radical (unpaired) electrons. The minimum absolute atomic E-state index is 0.0686. The summed E-state index contributed by atoms with van der Waals surface area (Å²) >= 11 is 0. The quantitative estimate of drug-likeness (QED) is 0.735. The van der Waals surface area contributed by atoms with E-state index in [1.54, 1.807) is 12.4 Å². The molecule has 0 bridgehead atoms. The van der Waals surface area contributed by atoms with Gasteiger partial charge in [-0.3, -0.25) is 9.78 Å². The number of hydrogen-bond acceptors (Lipinski definition) is 3. The third kappa shape index (κ3) is 4.40. The maximum Gasteiger partial charge on any atom is 0.252 e. The Kier molecular flexibility index (Phi) is 4.92. The Bertz CT molecular complexity index is 350. The highest BCUT2D eigenvalue weighted by Crippen LogP contribution is 2.01. The molecule has 0 aliphatic heterocycles. The van der Waals surface area contributed by atoms with E-state index in [9.17, 15) is 4.79 Å². The van der Waals surface area contributed by atoms with Gasteiger partial charge in [0.1, 0.15) is 0 Å². The second-order valence-corrected chi connectivity index (χ2v) is 4.13. The molecule has 0 saturated heterocycles. The summed E-state index contributed by atoms with van der Waals surface area (Å²) in [4.78, 5) is 15.6. The van der Waals surface area contributed by atoms with E-state index in [1.807, 2.05) is 19.9 Å². The number of nitrogens with zero attached hydrogens (tertiary/aromatic N) is 1. The number of hydrogen-bond donors (Lipinski definition) is 2. The summed E-state index contributed by atoms with van der Waals surface area (Å²) in [6, 6.07) is 2.02. The van der Waals surface area contributed by atoms with Crippen molar-refractivity contribution < 1.29 is 4.79 Å². The summed E-state index contributed by atoms with van der Waals surface area (Å²) in [5, 5.41) is 2.85. The standard InChI is InChI=1S/C12H19N3O/c1-9-6-11(8-14-7-9)12(16)15-5-3-4-10(2)13/h6-8,10H,3-5,13H2,1-2H3,(H,15,16). The molecule has 1 atom stereocenters. The number of nitrogens with two attached hydrogens (primary N) is 1. The van der Waals surface area contributed by atoms with E-state index in [0.29, 0.717) is 12.1 Å². The molecule has 0 spiro atoms. The molecule has 1 heterocycles. The number of aryl methyl sites for hydroxylation is 1. The van der Waals surface area contributed by atoms with Gasteiger partial charge in [0.15, 0.2) is 0 Å². The molecule has 4 heteroatoms. The number of nitrogens with one attached hydrogen (secondary N) is 1. The topological polar surface area (TPSA) is 68.0 Å². The number of carbonyl (C=O) groups excluding carboxylic acids is 1. The van der Waals surface area contributed by atoms with Gasteiger partial charge >= 0.3 is 0 Å². The van der Waals surface area contributed by atoms with E-state index in [1.165, 1.54) is 0 Å². The molecule has 0 fully saturated rings. The molecule has 0 aliphatic rings. The lowest BCUT2D eigenvalue weighted by Crippen LogP contribution is -2.26. The number of amides is 1. The lowest BCUT2D eigenvalue weighted by Gasteiger charge is -2.07. The van der Waals surface area contributed by atoms with E-state index in [4.69, 9.17) is 5.73 Å². The summed E-state index contributed by atoms with van der Waals surface area (Å²) in [5.74, 6) is -0.0686. The van der Waals surface area contributed by atoms with E-state index in [-0.39, 0.29) is 11.9 Å². The van der Waals surface area contributed by atoms with Crippen molar-refractivity contribution in [3.05, 3.63) is 29.6 Å². The van der Waals surface area contributed by atoms with Crippen LogP contribution in [0.4, 0.5) is 0 Å². The molecule has 0 aliphatic carbocycles. The van der Waals surface area contributed by atoms with Crippen LogP contribution < -0.4 is 11.1 Å². The molecule has 1 unspecified atom stereocenters.